The number of urea groups is 1. The predicted octanol–water partition coefficient (Wildman–Crippen LogP) is 1.34. The van der Waals surface area contributed by atoms with Gasteiger partial charge in [-0.1, -0.05) is 26.0 Å². The Labute approximate surface area is 146 Å². The van der Waals surface area contributed by atoms with Crippen molar-refractivity contribution in [3.8, 4) is 5.75 Å². The van der Waals surface area contributed by atoms with Crippen LogP contribution in [0.25, 0.3) is 0 Å². The molecule has 1 aromatic rings. The Morgan fingerprint density at radius 3 is 2.60 bits per heavy atom. The molecule has 0 radical (unpaired) electrons. The summed E-state index contributed by atoms with van der Waals surface area (Å²) in [5.74, 6) is 0.735. The van der Waals surface area contributed by atoms with Crippen LogP contribution >= 0.6 is 0 Å². The van der Waals surface area contributed by atoms with Crippen molar-refractivity contribution >= 4 is 17.8 Å². The van der Waals surface area contributed by atoms with Gasteiger partial charge in [0.1, 0.15) is 5.75 Å². The molecule has 2 saturated heterocycles. The fraction of sp³-hybridized carbons (Fsp3) is 0.500. The molecule has 2 aliphatic heterocycles. The zero-order valence-corrected chi connectivity index (χ0v) is 14.5. The van der Waals surface area contributed by atoms with E-state index in [-0.39, 0.29) is 37.0 Å². The van der Waals surface area contributed by atoms with Crippen molar-refractivity contribution in [2.45, 2.75) is 32.2 Å². The SMILES string of the molecule is CC(C)c1ccc(OCC(=O)N2CC[C@H](N3C(=O)CNC3=O)C2)cc1. The molecule has 1 atom stereocenters. The van der Waals surface area contributed by atoms with Gasteiger partial charge in [-0.25, -0.2) is 4.79 Å². The van der Waals surface area contributed by atoms with Gasteiger partial charge in [-0.3, -0.25) is 14.5 Å². The molecular formula is C18H23N3O4. The first kappa shape index (κ1) is 17.3. The van der Waals surface area contributed by atoms with Crippen molar-refractivity contribution in [1.82, 2.24) is 15.1 Å². The summed E-state index contributed by atoms with van der Waals surface area (Å²) in [6.07, 6.45) is 0.605. The lowest BCUT2D eigenvalue weighted by atomic mass is 10.0. The smallest absolute Gasteiger partial charge is 0.324 e. The van der Waals surface area contributed by atoms with Gasteiger partial charge < -0.3 is 15.0 Å². The minimum Gasteiger partial charge on any atom is -0.484 e. The van der Waals surface area contributed by atoms with Crippen LogP contribution in [0.2, 0.25) is 0 Å². The number of carbonyl (C=O) groups is 3. The summed E-state index contributed by atoms with van der Waals surface area (Å²) in [5.41, 5.74) is 1.22. The molecule has 1 N–H and O–H groups in total. The number of benzene rings is 1. The molecule has 0 spiro atoms. The normalized spacial score (nSPS) is 20.4. The molecule has 2 fully saturated rings. The minimum absolute atomic E-state index is 0.0404. The Morgan fingerprint density at radius 2 is 2.00 bits per heavy atom. The zero-order chi connectivity index (χ0) is 18.0. The van der Waals surface area contributed by atoms with E-state index >= 15 is 0 Å². The summed E-state index contributed by atoms with van der Waals surface area (Å²) in [4.78, 5) is 38.6. The lowest BCUT2D eigenvalue weighted by Gasteiger charge is -2.21. The maximum absolute atomic E-state index is 12.3. The average Bonchev–Trinajstić information content (AvgIpc) is 3.19. The third-order valence-electron chi connectivity index (χ3n) is 4.67. The Kier molecular flexibility index (Phi) is 4.92. The molecule has 2 heterocycles. The number of likely N-dealkylation sites (tertiary alicyclic amines) is 1. The van der Waals surface area contributed by atoms with Crippen LogP contribution in [0.1, 0.15) is 31.7 Å². The zero-order valence-electron chi connectivity index (χ0n) is 14.5. The quantitative estimate of drug-likeness (QED) is 0.817. The number of rotatable bonds is 5. The summed E-state index contributed by atoms with van der Waals surface area (Å²) in [5, 5.41) is 2.51. The highest BCUT2D eigenvalue weighted by Gasteiger charge is 2.39. The molecule has 0 aromatic heterocycles. The van der Waals surface area contributed by atoms with Gasteiger partial charge in [-0.05, 0) is 30.0 Å². The van der Waals surface area contributed by atoms with Crippen molar-refractivity contribution in [1.29, 1.82) is 0 Å². The summed E-state index contributed by atoms with van der Waals surface area (Å²) in [6, 6.07) is 7.10. The lowest BCUT2D eigenvalue weighted by molar-refractivity contribution is -0.133. The number of ether oxygens (including phenoxy) is 1. The van der Waals surface area contributed by atoms with Gasteiger partial charge >= 0.3 is 6.03 Å². The third kappa shape index (κ3) is 3.75. The van der Waals surface area contributed by atoms with Crippen LogP contribution in [0.5, 0.6) is 5.75 Å². The highest BCUT2D eigenvalue weighted by Crippen LogP contribution is 2.20. The van der Waals surface area contributed by atoms with E-state index < -0.39 is 0 Å². The number of hydrogen-bond donors (Lipinski definition) is 1. The number of amides is 4. The van der Waals surface area contributed by atoms with Crippen LogP contribution < -0.4 is 10.1 Å². The number of imide groups is 1. The largest absolute Gasteiger partial charge is 0.484 e. The topological polar surface area (TPSA) is 79.0 Å². The molecule has 0 bridgehead atoms. The van der Waals surface area contributed by atoms with Gasteiger partial charge in [-0.2, -0.15) is 0 Å². The summed E-state index contributed by atoms with van der Waals surface area (Å²) in [7, 11) is 0. The number of nitrogens with zero attached hydrogens (tertiary/aromatic N) is 2. The Balaban J connectivity index is 1.51. The van der Waals surface area contributed by atoms with Crippen molar-refractivity contribution in [2.24, 2.45) is 0 Å². The summed E-state index contributed by atoms with van der Waals surface area (Å²) >= 11 is 0. The number of carbonyl (C=O) groups excluding carboxylic acids is 3. The van der Waals surface area contributed by atoms with E-state index in [0.717, 1.165) is 0 Å². The molecule has 0 unspecified atom stereocenters. The molecular weight excluding hydrogens is 322 g/mol. The second-order valence-electron chi connectivity index (χ2n) is 6.72. The standard InChI is InChI=1S/C18H23N3O4/c1-12(2)13-3-5-15(6-4-13)25-11-17(23)20-8-7-14(10-20)21-16(22)9-19-18(21)24/h3-6,12,14H,7-11H2,1-2H3,(H,19,24)/t14-/m0/s1. The van der Waals surface area contributed by atoms with E-state index in [4.69, 9.17) is 4.74 Å². The van der Waals surface area contributed by atoms with Gasteiger partial charge in [0.15, 0.2) is 6.61 Å². The van der Waals surface area contributed by atoms with Crippen LogP contribution in [0.15, 0.2) is 24.3 Å². The second-order valence-corrected chi connectivity index (χ2v) is 6.72. The van der Waals surface area contributed by atoms with Crippen molar-refractivity contribution in [3.05, 3.63) is 29.8 Å². The van der Waals surface area contributed by atoms with Gasteiger partial charge in [-0.15, -0.1) is 0 Å². The first-order valence-corrected chi connectivity index (χ1v) is 8.56. The van der Waals surface area contributed by atoms with Gasteiger partial charge in [0.2, 0.25) is 5.91 Å². The van der Waals surface area contributed by atoms with Crippen LogP contribution in [0.3, 0.4) is 0 Å². The van der Waals surface area contributed by atoms with Crippen molar-refractivity contribution in [2.75, 3.05) is 26.2 Å². The van der Waals surface area contributed by atoms with Crippen LogP contribution in [-0.4, -0.2) is 59.9 Å². The van der Waals surface area contributed by atoms with E-state index in [2.05, 4.69) is 19.2 Å². The van der Waals surface area contributed by atoms with Gasteiger partial charge in [0.05, 0.1) is 12.6 Å². The maximum Gasteiger partial charge on any atom is 0.324 e. The molecule has 134 valence electrons. The Bertz CT molecular complexity index is 655. The van der Waals surface area contributed by atoms with Crippen LogP contribution in [-0.2, 0) is 9.59 Å². The van der Waals surface area contributed by atoms with E-state index in [9.17, 15) is 14.4 Å². The molecule has 25 heavy (non-hydrogen) atoms. The fourth-order valence-electron chi connectivity index (χ4n) is 3.17. The molecule has 7 nitrogen and oxygen atoms in total. The van der Waals surface area contributed by atoms with Gasteiger partial charge in [0, 0.05) is 13.1 Å². The van der Waals surface area contributed by atoms with Crippen molar-refractivity contribution in [3.63, 3.8) is 0 Å². The Hall–Kier alpha value is -2.57. The molecule has 0 saturated carbocycles. The fourth-order valence-corrected chi connectivity index (χ4v) is 3.17. The average molecular weight is 345 g/mol. The van der Waals surface area contributed by atoms with E-state index in [1.807, 2.05) is 24.3 Å². The molecule has 1 aromatic carbocycles. The maximum atomic E-state index is 12.3. The summed E-state index contributed by atoms with van der Waals surface area (Å²) < 4.78 is 5.57. The first-order chi connectivity index (χ1) is 12.0. The summed E-state index contributed by atoms with van der Waals surface area (Å²) in [6.45, 7) is 5.12. The highest BCUT2D eigenvalue weighted by atomic mass is 16.5. The van der Waals surface area contributed by atoms with E-state index in [1.165, 1.54) is 10.5 Å². The van der Waals surface area contributed by atoms with Crippen LogP contribution in [0.4, 0.5) is 4.79 Å². The van der Waals surface area contributed by atoms with Crippen LogP contribution in [0, 0.1) is 0 Å². The highest BCUT2D eigenvalue weighted by molar-refractivity contribution is 6.02. The second kappa shape index (κ2) is 7.13. The number of nitrogens with one attached hydrogen (secondary N) is 1. The van der Waals surface area contributed by atoms with E-state index in [0.29, 0.717) is 31.2 Å². The number of hydrogen-bond acceptors (Lipinski definition) is 4. The molecule has 3 rings (SSSR count). The van der Waals surface area contributed by atoms with Crippen molar-refractivity contribution < 1.29 is 19.1 Å². The van der Waals surface area contributed by atoms with Gasteiger partial charge in [0.25, 0.3) is 5.91 Å². The molecule has 0 aliphatic carbocycles. The molecule has 7 heteroatoms. The molecule has 2 aliphatic rings. The first-order valence-electron chi connectivity index (χ1n) is 8.56. The Morgan fingerprint density at radius 1 is 1.28 bits per heavy atom. The lowest BCUT2D eigenvalue weighted by Crippen LogP contribution is -2.43. The minimum atomic E-state index is -0.370. The third-order valence-corrected chi connectivity index (χ3v) is 4.67. The predicted molar refractivity (Wildman–Crippen MR) is 91.3 cm³/mol. The molecule has 4 amide bonds. The monoisotopic (exact) mass is 345 g/mol. The van der Waals surface area contributed by atoms with E-state index in [1.54, 1.807) is 4.90 Å².